The first-order valence-electron chi connectivity index (χ1n) is 7.79. The van der Waals surface area contributed by atoms with Crippen LogP contribution in [0.1, 0.15) is 24.2 Å². The first-order chi connectivity index (χ1) is 11.1. The summed E-state index contributed by atoms with van der Waals surface area (Å²) in [6, 6.07) is 5.61. The fourth-order valence-corrected chi connectivity index (χ4v) is 3.04. The Morgan fingerprint density at radius 1 is 1.17 bits per heavy atom. The molecule has 1 aliphatic heterocycles. The Labute approximate surface area is 136 Å². The standard InChI is InChI=1S/C17H23N3O3/c1-22-14-9-13(10-15(11-14)23-2)17(21)3-7-20(8-4-17)12-16-18-5-6-19-16/h5-6,9-11,21H,3-4,7-8,12H2,1-2H3,(H,18,19). The van der Waals surface area contributed by atoms with Crippen molar-refractivity contribution in [2.24, 2.45) is 0 Å². The fourth-order valence-electron chi connectivity index (χ4n) is 3.04. The Hall–Kier alpha value is -2.05. The third-order valence-corrected chi connectivity index (χ3v) is 4.50. The predicted molar refractivity (Wildman–Crippen MR) is 86.5 cm³/mol. The van der Waals surface area contributed by atoms with Gasteiger partial charge in [0.15, 0.2) is 0 Å². The Morgan fingerprint density at radius 2 is 1.83 bits per heavy atom. The van der Waals surface area contributed by atoms with Crippen molar-refractivity contribution in [2.75, 3.05) is 27.3 Å². The van der Waals surface area contributed by atoms with Crippen molar-refractivity contribution in [1.82, 2.24) is 14.9 Å². The number of aliphatic hydroxyl groups is 1. The van der Waals surface area contributed by atoms with E-state index in [-0.39, 0.29) is 0 Å². The van der Waals surface area contributed by atoms with Crippen molar-refractivity contribution in [1.29, 1.82) is 0 Å². The number of piperidine rings is 1. The molecule has 0 radical (unpaired) electrons. The van der Waals surface area contributed by atoms with E-state index in [2.05, 4.69) is 14.9 Å². The first-order valence-corrected chi connectivity index (χ1v) is 7.79. The lowest BCUT2D eigenvalue weighted by atomic mass is 9.84. The zero-order valence-electron chi connectivity index (χ0n) is 13.6. The zero-order valence-corrected chi connectivity index (χ0v) is 13.6. The highest BCUT2D eigenvalue weighted by molar-refractivity contribution is 5.41. The van der Waals surface area contributed by atoms with E-state index >= 15 is 0 Å². The van der Waals surface area contributed by atoms with Crippen molar-refractivity contribution in [3.8, 4) is 11.5 Å². The van der Waals surface area contributed by atoms with Crippen LogP contribution in [0.3, 0.4) is 0 Å². The number of ether oxygens (including phenoxy) is 2. The molecule has 1 fully saturated rings. The molecule has 0 amide bonds. The molecule has 0 bridgehead atoms. The molecule has 0 saturated carbocycles. The molecule has 0 spiro atoms. The molecule has 0 atom stereocenters. The quantitative estimate of drug-likeness (QED) is 0.881. The average Bonchev–Trinajstić information content (AvgIpc) is 3.09. The Balaban J connectivity index is 1.71. The van der Waals surface area contributed by atoms with Crippen LogP contribution < -0.4 is 9.47 Å². The molecule has 6 nitrogen and oxygen atoms in total. The van der Waals surface area contributed by atoms with Crippen molar-refractivity contribution >= 4 is 0 Å². The van der Waals surface area contributed by atoms with Crippen LogP contribution in [0.2, 0.25) is 0 Å². The average molecular weight is 317 g/mol. The van der Waals surface area contributed by atoms with E-state index in [1.165, 1.54) is 0 Å². The number of hydrogen-bond donors (Lipinski definition) is 2. The maximum absolute atomic E-state index is 11.1. The third-order valence-electron chi connectivity index (χ3n) is 4.50. The molecule has 6 heteroatoms. The summed E-state index contributed by atoms with van der Waals surface area (Å²) in [5.41, 5.74) is 0.00735. The molecule has 2 heterocycles. The van der Waals surface area contributed by atoms with E-state index in [9.17, 15) is 5.11 Å². The summed E-state index contributed by atoms with van der Waals surface area (Å²) >= 11 is 0. The van der Waals surface area contributed by atoms with Gasteiger partial charge < -0.3 is 19.6 Å². The van der Waals surface area contributed by atoms with Gasteiger partial charge in [-0.1, -0.05) is 0 Å². The summed E-state index contributed by atoms with van der Waals surface area (Å²) in [7, 11) is 3.24. The van der Waals surface area contributed by atoms with Crippen LogP contribution >= 0.6 is 0 Å². The number of nitrogens with one attached hydrogen (secondary N) is 1. The molecule has 1 saturated heterocycles. The highest BCUT2D eigenvalue weighted by atomic mass is 16.5. The lowest BCUT2D eigenvalue weighted by Gasteiger charge is -2.38. The maximum Gasteiger partial charge on any atom is 0.122 e. The van der Waals surface area contributed by atoms with E-state index in [4.69, 9.17) is 9.47 Å². The monoisotopic (exact) mass is 317 g/mol. The SMILES string of the molecule is COc1cc(OC)cc(C2(O)CCN(Cc3ncc[nH]3)CC2)c1. The van der Waals surface area contributed by atoms with Gasteiger partial charge in [0, 0.05) is 31.5 Å². The zero-order chi connectivity index (χ0) is 16.3. The Kier molecular flexibility index (Phi) is 4.54. The van der Waals surface area contributed by atoms with Crippen LogP contribution in [0.25, 0.3) is 0 Å². The van der Waals surface area contributed by atoms with Gasteiger partial charge in [0.25, 0.3) is 0 Å². The molecule has 1 aliphatic rings. The van der Waals surface area contributed by atoms with E-state index in [0.29, 0.717) is 24.3 Å². The summed E-state index contributed by atoms with van der Waals surface area (Å²) < 4.78 is 10.6. The van der Waals surface area contributed by atoms with Gasteiger partial charge in [-0.15, -0.1) is 0 Å². The summed E-state index contributed by atoms with van der Waals surface area (Å²) in [4.78, 5) is 9.67. The molecule has 2 N–H and O–H groups in total. The number of hydrogen-bond acceptors (Lipinski definition) is 5. The van der Waals surface area contributed by atoms with Gasteiger partial charge in [-0.05, 0) is 30.5 Å². The number of imidazole rings is 1. The third kappa shape index (κ3) is 3.48. The Morgan fingerprint density at radius 3 is 2.35 bits per heavy atom. The lowest BCUT2D eigenvalue weighted by molar-refractivity contribution is -0.0284. The van der Waals surface area contributed by atoms with Crippen LogP contribution in [0, 0.1) is 0 Å². The van der Waals surface area contributed by atoms with Crippen LogP contribution in [0.15, 0.2) is 30.6 Å². The van der Waals surface area contributed by atoms with Crippen LogP contribution in [0.4, 0.5) is 0 Å². The summed E-state index contributed by atoms with van der Waals surface area (Å²) in [6.45, 7) is 2.41. The first kappa shape index (κ1) is 15.8. The number of aromatic nitrogens is 2. The topological polar surface area (TPSA) is 70.6 Å². The van der Waals surface area contributed by atoms with Crippen molar-refractivity contribution in [3.05, 3.63) is 42.0 Å². The second-order valence-electron chi connectivity index (χ2n) is 5.94. The number of benzene rings is 1. The highest BCUT2D eigenvalue weighted by Gasteiger charge is 2.34. The van der Waals surface area contributed by atoms with E-state index in [1.807, 2.05) is 24.4 Å². The second-order valence-corrected chi connectivity index (χ2v) is 5.94. The number of nitrogens with zero attached hydrogens (tertiary/aromatic N) is 2. The van der Waals surface area contributed by atoms with E-state index in [0.717, 1.165) is 31.0 Å². The highest BCUT2D eigenvalue weighted by Crippen LogP contribution is 2.37. The van der Waals surface area contributed by atoms with Gasteiger partial charge in [-0.25, -0.2) is 4.98 Å². The largest absolute Gasteiger partial charge is 0.497 e. The molecular weight excluding hydrogens is 294 g/mol. The minimum absolute atomic E-state index is 0.671. The van der Waals surface area contributed by atoms with Crippen LogP contribution in [0.5, 0.6) is 11.5 Å². The smallest absolute Gasteiger partial charge is 0.122 e. The van der Waals surface area contributed by atoms with Crippen molar-refractivity contribution < 1.29 is 14.6 Å². The van der Waals surface area contributed by atoms with Gasteiger partial charge in [0.05, 0.1) is 26.4 Å². The predicted octanol–water partition coefficient (Wildman–Crippen LogP) is 1.91. The molecular formula is C17H23N3O3. The fraction of sp³-hybridized carbons (Fsp3) is 0.471. The molecule has 124 valence electrons. The number of likely N-dealkylation sites (tertiary alicyclic amines) is 1. The van der Waals surface area contributed by atoms with Crippen molar-refractivity contribution in [2.45, 2.75) is 25.0 Å². The number of rotatable bonds is 5. The summed E-state index contributed by atoms with van der Waals surface area (Å²) in [5.74, 6) is 2.36. The minimum atomic E-state index is -0.846. The second kappa shape index (κ2) is 6.60. The normalized spacial score (nSPS) is 17.9. The summed E-state index contributed by atoms with van der Waals surface area (Å²) in [5, 5.41) is 11.1. The minimum Gasteiger partial charge on any atom is -0.497 e. The molecule has 2 aromatic rings. The van der Waals surface area contributed by atoms with Crippen molar-refractivity contribution in [3.63, 3.8) is 0 Å². The van der Waals surface area contributed by atoms with Gasteiger partial charge in [0.2, 0.25) is 0 Å². The van der Waals surface area contributed by atoms with Gasteiger partial charge >= 0.3 is 0 Å². The van der Waals surface area contributed by atoms with Gasteiger partial charge in [0.1, 0.15) is 17.3 Å². The van der Waals surface area contributed by atoms with Gasteiger partial charge in [-0.3, -0.25) is 4.90 Å². The summed E-state index contributed by atoms with van der Waals surface area (Å²) in [6.07, 6.45) is 4.93. The molecule has 3 rings (SSSR count). The Bertz CT molecular complexity index is 612. The number of aromatic amines is 1. The lowest BCUT2D eigenvalue weighted by Crippen LogP contribution is -2.42. The van der Waals surface area contributed by atoms with E-state index in [1.54, 1.807) is 20.4 Å². The van der Waals surface area contributed by atoms with Gasteiger partial charge in [-0.2, -0.15) is 0 Å². The maximum atomic E-state index is 11.1. The van der Waals surface area contributed by atoms with Crippen LogP contribution in [-0.2, 0) is 12.1 Å². The molecule has 1 aromatic heterocycles. The molecule has 0 aliphatic carbocycles. The molecule has 1 aromatic carbocycles. The molecule has 0 unspecified atom stereocenters. The number of H-pyrrole nitrogens is 1. The number of methoxy groups -OCH3 is 2. The molecule has 23 heavy (non-hydrogen) atoms. The van der Waals surface area contributed by atoms with E-state index < -0.39 is 5.60 Å². The van der Waals surface area contributed by atoms with Crippen LogP contribution in [-0.4, -0.2) is 47.3 Å².